The number of aryl methyl sites for hydroxylation is 1. The molecule has 17 heavy (non-hydrogen) atoms. The minimum atomic E-state index is 0.381. The molecule has 4 nitrogen and oxygen atoms in total. The minimum absolute atomic E-state index is 0.381. The molecule has 5 heteroatoms. The Hall–Kier alpha value is -1.68. The maximum absolute atomic E-state index is 10.8. The van der Waals surface area contributed by atoms with Gasteiger partial charge in [0.25, 0.3) is 0 Å². The Balaban J connectivity index is 2.63. The number of halogens is 1. The van der Waals surface area contributed by atoms with Gasteiger partial charge in [-0.3, -0.25) is 4.79 Å². The summed E-state index contributed by atoms with van der Waals surface area (Å²) in [4.78, 5) is 10.8. The summed E-state index contributed by atoms with van der Waals surface area (Å²) >= 11 is 5.97. The van der Waals surface area contributed by atoms with E-state index in [0.29, 0.717) is 17.1 Å². The average molecular weight is 250 g/mol. The molecule has 0 saturated heterocycles. The van der Waals surface area contributed by atoms with Crippen molar-refractivity contribution in [1.82, 2.24) is 15.0 Å². The van der Waals surface area contributed by atoms with Crippen LogP contribution in [0.25, 0.3) is 5.69 Å². The van der Waals surface area contributed by atoms with E-state index in [1.165, 1.54) is 0 Å². The second kappa shape index (κ2) is 4.67. The summed E-state index contributed by atoms with van der Waals surface area (Å²) in [7, 11) is 0. The van der Waals surface area contributed by atoms with Crippen molar-refractivity contribution in [1.29, 1.82) is 0 Å². The maximum atomic E-state index is 10.8. The molecule has 0 radical (unpaired) electrons. The first kappa shape index (κ1) is 11.8. The summed E-state index contributed by atoms with van der Waals surface area (Å²) in [6.45, 7) is 3.93. The summed E-state index contributed by atoms with van der Waals surface area (Å²) in [5, 5.41) is 8.50. The maximum Gasteiger partial charge on any atom is 0.172 e. The highest BCUT2D eigenvalue weighted by Gasteiger charge is 2.13. The molecule has 0 aliphatic rings. The second-order valence-electron chi connectivity index (χ2n) is 3.74. The first-order valence-corrected chi connectivity index (χ1v) is 5.71. The van der Waals surface area contributed by atoms with Gasteiger partial charge in [-0.05, 0) is 31.0 Å². The monoisotopic (exact) mass is 249 g/mol. The SMILES string of the molecule is CCc1c(C=O)nnn1-c1cc(Cl)ccc1C. The van der Waals surface area contributed by atoms with Gasteiger partial charge in [-0.1, -0.05) is 29.8 Å². The van der Waals surface area contributed by atoms with Crippen LogP contribution < -0.4 is 0 Å². The van der Waals surface area contributed by atoms with Gasteiger partial charge in [0, 0.05) is 5.02 Å². The van der Waals surface area contributed by atoms with Crippen molar-refractivity contribution in [3.63, 3.8) is 0 Å². The number of carbonyl (C=O) groups excluding carboxylic acids is 1. The van der Waals surface area contributed by atoms with Crippen molar-refractivity contribution in [2.45, 2.75) is 20.3 Å². The Morgan fingerprint density at radius 3 is 2.88 bits per heavy atom. The lowest BCUT2D eigenvalue weighted by molar-refractivity contribution is 0.111. The Morgan fingerprint density at radius 1 is 1.47 bits per heavy atom. The van der Waals surface area contributed by atoms with Gasteiger partial charge in [-0.15, -0.1) is 5.10 Å². The lowest BCUT2D eigenvalue weighted by Crippen LogP contribution is -2.04. The third-order valence-corrected chi connectivity index (χ3v) is 2.87. The number of carbonyl (C=O) groups is 1. The number of aldehydes is 1. The molecule has 0 saturated carbocycles. The van der Waals surface area contributed by atoms with Crippen LogP contribution in [0.2, 0.25) is 5.02 Å². The zero-order valence-corrected chi connectivity index (χ0v) is 10.4. The molecule has 0 bridgehead atoms. The van der Waals surface area contributed by atoms with E-state index in [2.05, 4.69) is 10.3 Å². The van der Waals surface area contributed by atoms with Crippen LogP contribution in [0.5, 0.6) is 0 Å². The molecule has 0 aliphatic heterocycles. The molecule has 0 unspecified atom stereocenters. The molecule has 0 amide bonds. The molecule has 1 aromatic carbocycles. The molecule has 1 heterocycles. The van der Waals surface area contributed by atoms with Crippen LogP contribution in [0.4, 0.5) is 0 Å². The standard InChI is InChI=1S/C12H12ClN3O/c1-3-11-10(7-17)14-15-16(11)12-6-9(13)5-4-8(12)2/h4-7H,3H2,1-2H3. The van der Waals surface area contributed by atoms with Crippen LogP contribution in [0.3, 0.4) is 0 Å². The van der Waals surface area contributed by atoms with E-state index in [9.17, 15) is 4.79 Å². The molecule has 0 aliphatic carbocycles. The summed E-state index contributed by atoms with van der Waals surface area (Å²) in [6.07, 6.45) is 1.41. The Kier molecular flexibility index (Phi) is 3.24. The molecule has 2 aromatic rings. The van der Waals surface area contributed by atoms with Crippen LogP contribution in [-0.2, 0) is 6.42 Å². The van der Waals surface area contributed by atoms with Gasteiger partial charge in [0.05, 0.1) is 11.4 Å². The van der Waals surface area contributed by atoms with Crippen LogP contribution >= 0.6 is 11.6 Å². The van der Waals surface area contributed by atoms with Gasteiger partial charge in [0.15, 0.2) is 6.29 Å². The fourth-order valence-corrected chi connectivity index (χ4v) is 1.91. The average Bonchev–Trinajstić information content (AvgIpc) is 2.74. The fraction of sp³-hybridized carbons (Fsp3) is 0.250. The first-order chi connectivity index (χ1) is 8.17. The second-order valence-corrected chi connectivity index (χ2v) is 4.17. The lowest BCUT2D eigenvalue weighted by Gasteiger charge is -2.08. The number of aromatic nitrogens is 3. The molecule has 0 atom stereocenters. The van der Waals surface area contributed by atoms with Crippen LogP contribution in [0.1, 0.15) is 28.7 Å². The first-order valence-electron chi connectivity index (χ1n) is 5.33. The van der Waals surface area contributed by atoms with Crippen LogP contribution in [0.15, 0.2) is 18.2 Å². The fourth-order valence-electron chi connectivity index (χ4n) is 1.74. The van der Waals surface area contributed by atoms with Crippen LogP contribution in [-0.4, -0.2) is 21.3 Å². The van der Waals surface area contributed by atoms with E-state index in [1.54, 1.807) is 4.68 Å². The number of nitrogens with zero attached hydrogens (tertiary/aromatic N) is 3. The predicted molar refractivity (Wildman–Crippen MR) is 65.9 cm³/mol. The van der Waals surface area contributed by atoms with Gasteiger partial charge in [0.1, 0.15) is 5.69 Å². The molecule has 0 N–H and O–H groups in total. The molecule has 1 aromatic heterocycles. The summed E-state index contributed by atoms with van der Waals surface area (Å²) in [6, 6.07) is 5.56. The molecule has 88 valence electrons. The molecule has 2 rings (SSSR count). The van der Waals surface area contributed by atoms with E-state index in [-0.39, 0.29) is 0 Å². The van der Waals surface area contributed by atoms with Gasteiger partial charge in [-0.25, -0.2) is 4.68 Å². The summed E-state index contributed by atoms with van der Waals surface area (Å²) in [5.74, 6) is 0. The third-order valence-electron chi connectivity index (χ3n) is 2.64. The van der Waals surface area contributed by atoms with Gasteiger partial charge < -0.3 is 0 Å². The normalized spacial score (nSPS) is 10.5. The molecular weight excluding hydrogens is 238 g/mol. The Bertz CT molecular complexity index is 563. The Morgan fingerprint density at radius 2 is 2.24 bits per heavy atom. The lowest BCUT2D eigenvalue weighted by atomic mass is 10.2. The molecule has 0 fully saturated rings. The van der Waals surface area contributed by atoms with Crippen molar-refractivity contribution in [2.24, 2.45) is 0 Å². The summed E-state index contributed by atoms with van der Waals surface area (Å²) < 4.78 is 1.67. The number of rotatable bonds is 3. The highest BCUT2D eigenvalue weighted by Crippen LogP contribution is 2.21. The number of hydrogen-bond acceptors (Lipinski definition) is 3. The number of benzene rings is 1. The molecule has 0 spiro atoms. The minimum Gasteiger partial charge on any atom is -0.296 e. The van der Waals surface area contributed by atoms with Crippen molar-refractivity contribution >= 4 is 17.9 Å². The van der Waals surface area contributed by atoms with Crippen LogP contribution in [0, 0.1) is 6.92 Å². The highest BCUT2D eigenvalue weighted by molar-refractivity contribution is 6.30. The third kappa shape index (κ3) is 2.08. The summed E-state index contributed by atoms with van der Waals surface area (Å²) in [5.41, 5.74) is 3.07. The zero-order chi connectivity index (χ0) is 12.4. The quantitative estimate of drug-likeness (QED) is 0.786. The van der Waals surface area contributed by atoms with E-state index in [0.717, 1.165) is 23.2 Å². The van der Waals surface area contributed by atoms with Crippen molar-refractivity contribution < 1.29 is 4.79 Å². The van der Waals surface area contributed by atoms with E-state index in [1.807, 2.05) is 32.0 Å². The van der Waals surface area contributed by atoms with E-state index >= 15 is 0 Å². The zero-order valence-electron chi connectivity index (χ0n) is 9.64. The topological polar surface area (TPSA) is 47.8 Å². The highest BCUT2D eigenvalue weighted by atomic mass is 35.5. The van der Waals surface area contributed by atoms with E-state index < -0.39 is 0 Å². The van der Waals surface area contributed by atoms with E-state index in [4.69, 9.17) is 11.6 Å². The van der Waals surface area contributed by atoms with Gasteiger partial charge >= 0.3 is 0 Å². The Labute approximate surface area is 104 Å². The predicted octanol–water partition coefficient (Wildman–Crippen LogP) is 2.60. The van der Waals surface area contributed by atoms with Gasteiger partial charge in [-0.2, -0.15) is 0 Å². The van der Waals surface area contributed by atoms with Crippen molar-refractivity contribution in [2.75, 3.05) is 0 Å². The molecular formula is C12H12ClN3O. The smallest absolute Gasteiger partial charge is 0.172 e. The largest absolute Gasteiger partial charge is 0.296 e. The van der Waals surface area contributed by atoms with Crippen molar-refractivity contribution in [3.05, 3.63) is 40.2 Å². The van der Waals surface area contributed by atoms with Gasteiger partial charge in [0.2, 0.25) is 0 Å². The van der Waals surface area contributed by atoms with Crippen molar-refractivity contribution in [3.8, 4) is 5.69 Å². The number of hydrogen-bond donors (Lipinski definition) is 0.